The molecule has 2 amide bonds. The van der Waals surface area contributed by atoms with Crippen molar-refractivity contribution in [1.82, 2.24) is 15.1 Å². The predicted octanol–water partition coefficient (Wildman–Crippen LogP) is 2.57. The second-order valence-corrected chi connectivity index (χ2v) is 9.05. The molecule has 2 saturated heterocycles. The van der Waals surface area contributed by atoms with Crippen LogP contribution < -0.4 is 10.1 Å². The van der Waals surface area contributed by atoms with Crippen molar-refractivity contribution in [3.63, 3.8) is 0 Å². The first kappa shape index (κ1) is 20.2. The molecule has 0 aromatic heterocycles. The third-order valence-corrected chi connectivity index (χ3v) is 6.88. The summed E-state index contributed by atoms with van der Waals surface area (Å²) in [5.41, 5.74) is 0.946. The van der Waals surface area contributed by atoms with Crippen molar-refractivity contribution >= 4 is 11.8 Å². The number of carbonyl (C=O) groups is 2. The van der Waals surface area contributed by atoms with Crippen LogP contribution in [0.1, 0.15) is 51.5 Å². The highest BCUT2D eigenvalue weighted by atomic mass is 16.5. The highest BCUT2D eigenvalue weighted by molar-refractivity contribution is 5.76. The fourth-order valence-electron chi connectivity index (χ4n) is 5.37. The largest absolute Gasteiger partial charge is 0.490 e. The van der Waals surface area contributed by atoms with E-state index < -0.39 is 0 Å². The van der Waals surface area contributed by atoms with E-state index in [4.69, 9.17) is 4.74 Å². The number of nitrogens with zero attached hydrogens (tertiary/aromatic N) is 2. The zero-order chi connectivity index (χ0) is 20.4. The molecule has 1 N–H and O–H groups in total. The topological polar surface area (TPSA) is 61.9 Å². The van der Waals surface area contributed by atoms with Gasteiger partial charge in [0.25, 0.3) is 0 Å². The molecule has 1 aromatic rings. The van der Waals surface area contributed by atoms with Crippen molar-refractivity contribution in [1.29, 1.82) is 0 Å². The van der Waals surface area contributed by atoms with Crippen LogP contribution in [0.15, 0.2) is 24.3 Å². The first-order valence-electron chi connectivity index (χ1n) is 11.0. The number of rotatable bonds is 5. The van der Waals surface area contributed by atoms with E-state index in [2.05, 4.69) is 28.4 Å². The minimum absolute atomic E-state index is 0.0100. The Balaban J connectivity index is 1.45. The van der Waals surface area contributed by atoms with Crippen molar-refractivity contribution in [2.24, 2.45) is 5.92 Å². The molecule has 1 aliphatic carbocycles. The number of hydrogen-bond acceptors (Lipinski definition) is 4. The molecule has 2 atom stereocenters. The molecular formula is C23H33N3O3. The van der Waals surface area contributed by atoms with Crippen LogP contribution in [0.5, 0.6) is 5.75 Å². The molecule has 0 unspecified atom stereocenters. The molecule has 2 heterocycles. The fourth-order valence-corrected chi connectivity index (χ4v) is 5.37. The van der Waals surface area contributed by atoms with Gasteiger partial charge in [0, 0.05) is 58.1 Å². The number of likely N-dealkylation sites (tertiary alicyclic amines) is 2. The standard InChI is InChI=1S/C23H33N3O3/c1-17(27)24-23-11-12-25(14-20(23)15-26(16-23)18(2)28)13-19-7-3-6-10-22(19)29-21-8-4-5-9-21/h3,6-7,10,20-21H,4-5,8-9,11-16H2,1-2H3,(H,24,27)/t20-,23-/m1/s1. The summed E-state index contributed by atoms with van der Waals surface area (Å²) in [5, 5.41) is 3.20. The van der Waals surface area contributed by atoms with Crippen molar-refractivity contribution < 1.29 is 14.3 Å². The Morgan fingerprint density at radius 2 is 1.93 bits per heavy atom. The molecule has 6 nitrogen and oxygen atoms in total. The Labute approximate surface area is 173 Å². The highest BCUT2D eigenvalue weighted by Gasteiger charge is 2.50. The number of para-hydroxylation sites is 1. The van der Waals surface area contributed by atoms with Gasteiger partial charge >= 0.3 is 0 Å². The predicted molar refractivity (Wildman–Crippen MR) is 112 cm³/mol. The zero-order valence-electron chi connectivity index (χ0n) is 17.7. The molecular weight excluding hydrogens is 366 g/mol. The molecule has 0 bridgehead atoms. The summed E-state index contributed by atoms with van der Waals surface area (Å²) in [6.45, 7) is 7.16. The molecule has 6 heteroatoms. The normalized spacial score (nSPS) is 27.7. The smallest absolute Gasteiger partial charge is 0.219 e. The van der Waals surface area contributed by atoms with E-state index in [1.54, 1.807) is 13.8 Å². The maximum Gasteiger partial charge on any atom is 0.219 e. The summed E-state index contributed by atoms with van der Waals surface area (Å²) in [7, 11) is 0. The van der Waals surface area contributed by atoms with Crippen LogP contribution in [0.3, 0.4) is 0 Å². The molecule has 3 fully saturated rings. The Morgan fingerprint density at radius 3 is 2.66 bits per heavy atom. The van der Waals surface area contributed by atoms with Gasteiger partial charge < -0.3 is 15.0 Å². The summed E-state index contributed by atoms with van der Waals surface area (Å²) in [4.78, 5) is 28.2. The van der Waals surface area contributed by atoms with Gasteiger partial charge in [-0.1, -0.05) is 18.2 Å². The van der Waals surface area contributed by atoms with Gasteiger partial charge in [0.1, 0.15) is 5.75 Å². The maximum absolute atomic E-state index is 12.0. The van der Waals surface area contributed by atoms with Gasteiger partial charge in [-0.3, -0.25) is 14.5 Å². The lowest BCUT2D eigenvalue weighted by Crippen LogP contribution is -2.60. The van der Waals surface area contributed by atoms with Crippen LogP contribution >= 0.6 is 0 Å². The quantitative estimate of drug-likeness (QED) is 0.827. The van der Waals surface area contributed by atoms with Crippen molar-refractivity contribution in [3.8, 4) is 5.75 Å². The summed E-state index contributed by atoms with van der Waals surface area (Å²) in [6, 6.07) is 8.38. The van der Waals surface area contributed by atoms with Gasteiger partial charge in [0.15, 0.2) is 0 Å². The van der Waals surface area contributed by atoms with Crippen LogP contribution in [0, 0.1) is 5.92 Å². The van der Waals surface area contributed by atoms with Crippen molar-refractivity contribution in [2.45, 2.75) is 64.1 Å². The number of nitrogens with one attached hydrogen (secondary N) is 1. The Hall–Kier alpha value is -2.08. The number of carbonyl (C=O) groups excluding carboxylic acids is 2. The molecule has 2 aliphatic heterocycles. The molecule has 29 heavy (non-hydrogen) atoms. The zero-order valence-corrected chi connectivity index (χ0v) is 17.7. The molecule has 1 saturated carbocycles. The van der Waals surface area contributed by atoms with E-state index in [0.717, 1.165) is 44.6 Å². The minimum Gasteiger partial charge on any atom is -0.490 e. The van der Waals surface area contributed by atoms with Gasteiger partial charge in [-0.15, -0.1) is 0 Å². The van der Waals surface area contributed by atoms with Crippen LogP contribution in [-0.4, -0.2) is 59.4 Å². The SMILES string of the molecule is CC(=O)N[C@@]12CCN(Cc3ccccc3OC3CCCC3)C[C@@H]1CN(C(C)=O)C2. The average Bonchev–Trinajstić information content (AvgIpc) is 3.30. The van der Waals surface area contributed by atoms with E-state index in [-0.39, 0.29) is 23.3 Å². The van der Waals surface area contributed by atoms with Crippen molar-refractivity contribution in [2.75, 3.05) is 26.2 Å². The average molecular weight is 400 g/mol. The van der Waals surface area contributed by atoms with Gasteiger partial charge in [-0.25, -0.2) is 0 Å². The highest BCUT2D eigenvalue weighted by Crippen LogP contribution is 2.37. The van der Waals surface area contributed by atoms with Gasteiger partial charge in [0.05, 0.1) is 11.6 Å². The third-order valence-electron chi connectivity index (χ3n) is 6.88. The molecule has 0 spiro atoms. The van der Waals surface area contributed by atoms with E-state index >= 15 is 0 Å². The number of hydrogen-bond donors (Lipinski definition) is 1. The second-order valence-electron chi connectivity index (χ2n) is 9.05. The molecule has 3 aliphatic rings. The van der Waals surface area contributed by atoms with Crippen LogP contribution in [0.4, 0.5) is 0 Å². The van der Waals surface area contributed by atoms with Crippen LogP contribution in [-0.2, 0) is 16.1 Å². The number of ether oxygens (including phenoxy) is 1. The first-order valence-corrected chi connectivity index (χ1v) is 11.0. The van der Waals surface area contributed by atoms with Crippen LogP contribution in [0.2, 0.25) is 0 Å². The maximum atomic E-state index is 12.0. The number of benzene rings is 1. The van der Waals surface area contributed by atoms with Gasteiger partial charge in [-0.05, 0) is 38.2 Å². The Kier molecular flexibility index (Phi) is 5.81. The molecule has 1 aromatic carbocycles. The summed E-state index contributed by atoms with van der Waals surface area (Å²) < 4.78 is 6.32. The Bertz CT molecular complexity index is 761. The number of fused-ring (bicyclic) bond motifs is 1. The second kappa shape index (κ2) is 8.34. The van der Waals surface area contributed by atoms with Crippen molar-refractivity contribution in [3.05, 3.63) is 29.8 Å². The molecule has 0 radical (unpaired) electrons. The van der Waals surface area contributed by atoms with Gasteiger partial charge in [0.2, 0.25) is 11.8 Å². The van der Waals surface area contributed by atoms with E-state index in [0.29, 0.717) is 19.2 Å². The van der Waals surface area contributed by atoms with E-state index in [1.807, 2.05) is 11.0 Å². The monoisotopic (exact) mass is 399 g/mol. The number of piperidine rings is 1. The third kappa shape index (κ3) is 4.42. The van der Waals surface area contributed by atoms with Gasteiger partial charge in [-0.2, -0.15) is 0 Å². The summed E-state index contributed by atoms with van der Waals surface area (Å²) >= 11 is 0. The summed E-state index contributed by atoms with van der Waals surface area (Å²) in [6.07, 6.45) is 6.05. The lowest BCUT2D eigenvalue weighted by Gasteiger charge is -2.43. The minimum atomic E-state index is -0.284. The van der Waals surface area contributed by atoms with E-state index in [1.165, 1.54) is 18.4 Å². The Morgan fingerprint density at radius 1 is 1.17 bits per heavy atom. The van der Waals surface area contributed by atoms with Crippen LogP contribution in [0.25, 0.3) is 0 Å². The lowest BCUT2D eigenvalue weighted by molar-refractivity contribution is -0.128. The summed E-state index contributed by atoms with van der Waals surface area (Å²) in [5.74, 6) is 1.34. The fraction of sp³-hybridized carbons (Fsp3) is 0.652. The lowest BCUT2D eigenvalue weighted by atomic mass is 9.80. The molecule has 158 valence electrons. The number of amides is 2. The first-order chi connectivity index (χ1) is 13.9. The molecule has 4 rings (SSSR count). The van der Waals surface area contributed by atoms with E-state index in [9.17, 15) is 9.59 Å².